The molecule has 1 aliphatic heterocycles. The average Bonchev–Trinajstić information content (AvgIpc) is 3.60. The lowest BCUT2D eigenvalue weighted by Crippen LogP contribution is -2.55. The molecule has 4 atom stereocenters. The second kappa shape index (κ2) is 17.0. The van der Waals surface area contributed by atoms with Crippen molar-refractivity contribution in [1.82, 2.24) is 20.9 Å². The molecule has 2 aliphatic carbocycles. The highest BCUT2D eigenvalue weighted by Gasteiger charge is 2.38. The summed E-state index contributed by atoms with van der Waals surface area (Å²) < 4.78 is 12.5. The van der Waals surface area contributed by atoms with E-state index in [4.69, 9.17) is 9.47 Å². The number of likely N-dealkylation sites (tertiary alicyclic amines) is 1. The van der Waals surface area contributed by atoms with Crippen molar-refractivity contribution >= 4 is 17.7 Å². The zero-order valence-corrected chi connectivity index (χ0v) is 28.6. The number of ether oxygens (including phenoxy) is 2. The summed E-state index contributed by atoms with van der Waals surface area (Å²) in [4.78, 5) is 41.2. The van der Waals surface area contributed by atoms with Gasteiger partial charge in [-0.2, -0.15) is 0 Å². The van der Waals surface area contributed by atoms with Gasteiger partial charge in [0.25, 0.3) is 0 Å². The first-order valence-electron chi connectivity index (χ1n) is 18.0. The predicted molar refractivity (Wildman–Crippen MR) is 184 cm³/mol. The maximum atomic E-state index is 13.6. The number of unbranched alkanes of at least 4 members (excludes halogenated alkanes) is 2. The van der Waals surface area contributed by atoms with E-state index in [0.29, 0.717) is 26.0 Å². The molecule has 2 aromatic rings. The van der Waals surface area contributed by atoms with Crippen LogP contribution >= 0.6 is 0 Å². The molecular formula is C38H54N4O5. The Bertz CT molecular complexity index is 1380. The number of nitrogens with one attached hydrogen (secondary N) is 3. The summed E-state index contributed by atoms with van der Waals surface area (Å²) in [5.74, 6) is 1.44. The van der Waals surface area contributed by atoms with Gasteiger partial charge in [-0.3, -0.25) is 14.4 Å². The van der Waals surface area contributed by atoms with E-state index in [1.165, 1.54) is 36.0 Å². The van der Waals surface area contributed by atoms with Gasteiger partial charge in [0.05, 0.1) is 25.3 Å². The average molecular weight is 647 g/mol. The summed E-state index contributed by atoms with van der Waals surface area (Å²) in [6.45, 7) is 5.53. The number of hydrogen-bond donors (Lipinski definition) is 3. The number of amides is 3. The molecule has 0 spiro atoms. The standard InChI is InChI=1S/C38H54N4O5/c1-4-31(40-36(43)26(2)39-3)38(45)42-23-13-20-33(42)37(44)41-32-19-11-18-30-29(32)17-12-22-35(30)47-25-9-5-8-24-46-34-21-10-15-27-14-6-7-16-28(27)34/h10,12,15,17,21-22,26,31-33,39H,4-9,11,13-14,16,18-20,23-25H2,1-3H3,(H,40,43)(H,41,44)/t26-,31-,32+,33-/m0/s1. The number of hydrogen-bond acceptors (Lipinski definition) is 6. The van der Waals surface area contributed by atoms with E-state index in [1.807, 2.05) is 19.1 Å². The third-order valence-electron chi connectivity index (χ3n) is 10.1. The van der Waals surface area contributed by atoms with Crippen molar-refractivity contribution < 1.29 is 23.9 Å². The van der Waals surface area contributed by atoms with Crippen LogP contribution in [0, 0.1) is 0 Å². The minimum Gasteiger partial charge on any atom is -0.493 e. The maximum Gasteiger partial charge on any atom is 0.245 e. The molecule has 2 aromatic carbocycles. The highest BCUT2D eigenvalue weighted by atomic mass is 16.5. The highest BCUT2D eigenvalue weighted by Crippen LogP contribution is 2.36. The topological polar surface area (TPSA) is 109 Å². The molecule has 0 bridgehead atoms. The fourth-order valence-corrected chi connectivity index (χ4v) is 7.26. The quantitative estimate of drug-likeness (QED) is 0.230. The molecule has 1 fully saturated rings. The third-order valence-corrected chi connectivity index (χ3v) is 10.1. The summed E-state index contributed by atoms with van der Waals surface area (Å²) in [5, 5.41) is 9.04. The van der Waals surface area contributed by atoms with Crippen LogP contribution < -0.4 is 25.4 Å². The van der Waals surface area contributed by atoms with Gasteiger partial charge in [0.1, 0.15) is 23.6 Å². The van der Waals surface area contributed by atoms with Crippen LogP contribution in [-0.4, -0.2) is 67.6 Å². The molecule has 1 heterocycles. The molecule has 0 saturated carbocycles. The summed E-state index contributed by atoms with van der Waals surface area (Å²) in [6.07, 6.45) is 12.4. The monoisotopic (exact) mass is 646 g/mol. The molecule has 1 saturated heterocycles. The molecule has 3 N–H and O–H groups in total. The number of rotatable bonds is 15. The van der Waals surface area contributed by atoms with Crippen LogP contribution in [0.2, 0.25) is 0 Å². The summed E-state index contributed by atoms with van der Waals surface area (Å²) in [5.41, 5.74) is 5.14. The second-order valence-electron chi connectivity index (χ2n) is 13.3. The fraction of sp³-hybridized carbons (Fsp3) is 0.605. The summed E-state index contributed by atoms with van der Waals surface area (Å²) in [7, 11) is 1.71. The Balaban J connectivity index is 1.10. The molecule has 3 aliphatic rings. The largest absolute Gasteiger partial charge is 0.493 e. The van der Waals surface area contributed by atoms with Crippen LogP contribution in [0.1, 0.15) is 106 Å². The lowest BCUT2D eigenvalue weighted by Gasteiger charge is -2.32. The normalized spacial score (nSPS) is 20.0. The van der Waals surface area contributed by atoms with E-state index in [1.54, 1.807) is 18.9 Å². The lowest BCUT2D eigenvalue weighted by molar-refractivity contribution is -0.141. The Kier molecular flexibility index (Phi) is 12.6. The number of aryl methyl sites for hydroxylation is 1. The third kappa shape index (κ3) is 8.66. The molecule has 0 unspecified atom stereocenters. The molecule has 9 nitrogen and oxygen atoms in total. The Morgan fingerprint density at radius 1 is 0.872 bits per heavy atom. The summed E-state index contributed by atoms with van der Waals surface area (Å²) >= 11 is 0. The van der Waals surface area contributed by atoms with Gasteiger partial charge in [-0.1, -0.05) is 31.2 Å². The van der Waals surface area contributed by atoms with Crippen LogP contribution in [0.15, 0.2) is 36.4 Å². The van der Waals surface area contributed by atoms with E-state index >= 15 is 0 Å². The van der Waals surface area contributed by atoms with Gasteiger partial charge in [0.2, 0.25) is 17.7 Å². The Morgan fingerprint density at radius 2 is 1.57 bits per heavy atom. The Morgan fingerprint density at radius 3 is 2.32 bits per heavy atom. The van der Waals surface area contributed by atoms with E-state index in [2.05, 4.69) is 40.2 Å². The first kappa shape index (κ1) is 34.7. The molecule has 0 radical (unpaired) electrons. The Hall–Kier alpha value is -3.59. The van der Waals surface area contributed by atoms with E-state index < -0.39 is 18.1 Å². The van der Waals surface area contributed by atoms with E-state index in [-0.39, 0.29) is 23.8 Å². The lowest BCUT2D eigenvalue weighted by atomic mass is 9.87. The van der Waals surface area contributed by atoms with Crippen LogP contribution in [0.25, 0.3) is 0 Å². The van der Waals surface area contributed by atoms with E-state index in [9.17, 15) is 14.4 Å². The van der Waals surface area contributed by atoms with Gasteiger partial charge in [0.15, 0.2) is 0 Å². The molecule has 3 amide bonds. The van der Waals surface area contributed by atoms with Gasteiger partial charge >= 0.3 is 0 Å². The van der Waals surface area contributed by atoms with Crippen molar-refractivity contribution in [3.8, 4) is 11.5 Å². The van der Waals surface area contributed by atoms with Gasteiger partial charge in [-0.05, 0) is 132 Å². The van der Waals surface area contributed by atoms with Crippen LogP contribution in [0.4, 0.5) is 0 Å². The molecular weight excluding hydrogens is 592 g/mol. The minimum absolute atomic E-state index is 0.119. The smallest absolute Gasteiger partial charge is 0.245 e. The van der Waals surface area contributed by atoms with Crippen LogP contribution in [0.5, 0.6) is 11.5 Å². The van der Waals surface area contributed by atoms with Gasteiger partial charge < -0.3 is 30.3 Å². The molecule has 5 rings (SSSR count). The SMILES string of the molecule is CC[C@H](NC(=O)[C@H](C)NC)C(=O)N1CCC[C@H]1C(=O)N[C@@H]1CCCc2c(OCCCCCOc3cccc4c3CCCC4)cccc21. The number of fused-ring (bicyclic) bond motifs is 2. The Labute approximate surface area is 280 Å². The minimum atomic E-state index is -0.650. The van der Waals surface area contributed by atoms with Crippen molar-refractivity contribution in [1.29, 1.82) is 0 Å². The van der Waals surface area contributed by atoms with Crippen molar-refractivity contribution in [2.75, 3.05) is 26.8 Å². The van der Waals surface area contributed by atoms with Gasteiger partial charge in [-0.25, -0.2) is 0 Å². The zero-order chi connectivity index (χ0) is 33.2. The number of carbonyl (C=O) groups excluding carboxylic acids is 3. The predicted octanol–water partition coefficient (Wildman–Crippen LogP) is 5.18. The van der Waals surface area contributed by atoms with E-state index in [0.717, 1.165) is 75.0 Å². The van der Waals surface area contributed by atoms with Crippen molar-refractivity contribution in [3.63, 3.8) is 0 Å². The first-order valence-corrected chi connectivity index (χ1v) is 18.0. The van der Waals surface area contributed by atoms with Crippen molar-refractivity contribution in [3.05, 3.63) is 58.7 Å². The van der Waals surface area contributed by atoms with Gasteiger partial charge in [-0.15, -0.1) is 0 Å². The van der Waals surface area contributed by atoms with Crippen LogP contribution in [-0.2, 0) is 33.6 Å². The number of nitrogens with zero attached hydrogens (tertiary/aromatic N) is 1. The molecule has 47 heavy (non-hydrogen) atoms. The zero-order valence-electron chi connectivity index (χ0n) is 28.6. The number of benzene rings is 2. The highest BCUT2D eigenvalue weighted by molar-refractivity contribution is 5.93. The van der Waals surface area contributed by atoms with Gasteiger partial charge in [0, 0.05) is 6.54 Å². The number of carbonyl (C=O) groups is 3. The van der Waals surface area contributed by atoms with Crippen LogP contribution in [0.3, 0.4) is 0 Å². The van der Waals surface area contributed by atoms with Crippen molar-refractivity contribution in [2.45, 2.75) is 121 Å². The fourth-order valence-electron chi connectivity index (χ4n) is 7.26. The molecule has 9 heteroatoms. The maximum absolute atomic E-state index is 13.6. The molecule has 0 aromatic heterocycles. The first-order chi connectivity index (χ1) is 22.9. The summed E-state index contributed by atoms with van der Waals surface area (Å²) in [6, 6.07) is 10.9. The number of likely N-dealkylation sites (N-methyl/N-ethyl adjacent to an activating group) is 1. The van der Waals surface area contributed by atoms with Crippen molar-refractivity contribution in [2.24, 2.45) is 0 Å². The second-order valence-corrected chi connectivity index (χ2v) is 13.3. The molecule has 256 valence electrons.